The summed E-state index contributed by atoms with van der Waals surface area (Å²) in [6.45, 7) is 5.46. The van der Waals surface area contributed by atoms with Crippen LogP contribution in [0, 0.1) is 11.8 Å². The number of nitrogens with zero attached hydrogens (tertiary/aromatic N) is 2. The van der Waals surface area contributed by atoms with Crippen molar-refractivity contribution in [1.82, 2.24) is 9.47 Å². The third-order valence-corrected chi connectivity index (χ3v) is 5.22. The van der Waals surface area contributed by atoms with Gasteiger partial charge in [0.1, 0.15) is 18.3 Å². The van der Waals surface area contributed by atoms with E-state index in [0.29, 0.717) is 47.1 Å². The number of ether oxygens (including phenoxy) is 1. The molecule has 7 nitrogen and oxygen atoms in total. The van der Waals surface area contributed by atoms with E-state index in [1.54, 1.807) is 36.1 Å². The minimum absolute atomic E-state index is 0.220. The number of hydrogen-bond acceptors (Lipinski definition) is 4. The molecule has 2 heterocycles. The van der Waals surface area contributed by atoms with Crippen molar-refractivity contribution in [3.05, 3.63) is 30.0 Å². The zero-order valence-electron chi connectivity index (χ0n) is 15.9. The highest BCUT2D eigenvalue weighted by Crippen LogP contribution is 2.35. The molecule has 0 saturated carbocycles. The summed E-state index contributed by atoms with van der Waals surface area (Å²) >= 11 is 0. The van der Waals surface area contributed by atoms with Crippen LogP contribution in [0.25, 0.3) is 10.9 Å². The van der Waals surface area contributed by atoms with Crippen LogP contribution < -0.4 is 4.74 Å². The molecule has 0 amide bonds. The lowest BCUT2D eigenvalue weighted by atomic mass is 9.89. The predicted molar refractivity (Wildman–Crippen MR) is 101 cm³/mol. The van der Waals surface area contributed by atoms with Gasteiger partial charge in [-0.05, 0) is 36.5 Å². The highest BCUT2D eigenvalue weighted by molar-refractivity contribution is 5.91. The number of benzene rings is 1. The normalized spacial score (nSPS) is 21.9. The number of carbonyl (C=O) groups is 2. The first-order valence-electron chi connectivity index (χ1n) is 9.15. The fraction of sp³-hybridized carbons (Fsp3) is 0.500. The van der Waals surface area contributed by atoms with Gasteiger partial charge in [0, 0.05) is 35.8 Å². The van der Waals surface area contributed by atoms with Crippen LogP contribution >= 0.6 is 0 Å². The molecule has 0 bridgehead atoms. The van der Waals surface area contributed by atoms with E-state index < -0.39 is 18.0 Å². The zero-order valence-corrected chi connectivity index (χ0v) is 15.9. The Morgan fingerprint density at radius 1 is 1.22 bits per heavy atom. The number of hydrogen-bond donors (Lipinski definition) is 2. The summed E-state index contributed by atoms with van der Waals surface area (Å²) in [5.41, 5.74) is 1.30. The second kappa shape index (κ2) is 7.60. The molecule has 146 valence electrons. The van der Waals surface area contributed by atoms with Crippen molar-refractivity contribution in [2.45, 2.75) is 32.9 Å². The first kappa shape index (κ1) is 19.2. The maximum absolute atomic E-state index is 12.2. The second-order valence-corrected chi connectivity index (χ2v) is 7.63. The van der Waals surface area contributed by atoms with Gasteiger partial charge in [-0.2, -0.15) is 0 Å². The number of carboxylic acids is 2. The molecule has 1 aromatic carbocycles. The largest absolute Gasteiger partial charge is 0.497 e. The van der Waals surface area contributed by atoms with Gasteiger partial charge in [-0.25, -0.2) is 0 Å². The first-order chi connectivity index (χ1) is 12.8. The van der Waals surface area contributed by atoms with Gasteiger partial charge >= 0.3 is 11.9 Å². The van der Waals surface area contributed by atoms with Crippen LogP contribution in [-0.2, 0) is 16.1 Å². The molecule has 0 aliphatic carbocycles. The Morgan fingerprint density at radius 3 is 2.44 bits per heavy atom. The molecule has 3 atom stereocenters. The Balaban J connectivity index is 2.13. The monoisotopic (exact) mass is 374 g/mol. The van der Waals surface area contributed by atoms with Crippen LogP contribution in [0.5, 0.6) is 5.75 Å². The molecular weight excluding hydrogens is 348 g/mol. The highest BCUT2D eigenvalue weighted by Gasteiger charge is 2.35. The van der Waals surface area contributed by atoms with Gasteiger partial charge in [-0.1, -0.05) is 13.8 Å². The average molecular weight is 374 g/mol. The van der Waals surface area contributed by atoms with Gasteiger partial charge in [0.2, 0.25) is 0 Å². The van der Waals surface area contributed by atoms with Gasteiger partial charge in [0.15, 0.2) is 0 Å². The minimum atomic E-state index is -0.971. The van der Waals surface area contributed by atoms with E-state index in [4.69, 9.17) is 4.74 Å². The molecule has 1 aliphatic rings. The van der Waals surface area contributed by atoms with Crippen LogP contribution in [0.1, 0.15) is 31.9 Å². The number of methoxy groups -OCH3 is 1. The van der Waals surface area contributed by atoms with E-state index in [1.807, 2.05) is 4.90 Å². The van der Waals surface area contributed by atoms with Crippen molar-refractivity contribution in [1.29, 1.82) is 0 Å². The molecule has 0 spiro atoms. The lowest BCUT2D eigenvalue weighted by molar-refractivity contribution is -0.144. The SMILES string of the molecule is COc1ccc2c(c1)c(C(C(=O)O)N1CC(C)CC(C)C1)cn2CC(=O)O. The van der Waals surface area contributed by atoms with Crippen LogP contribution in [-0.4, -0.2) is 51.8 Å². The fourth-order valence-electron chi connectivity index (χ4n) is 4.33. The van der Waals surface area contributed by atoms with E-state index in [1.165, 1.54) is 0 Å². The molecule has 1 saturated heterocycles. The quantitative estimate of drug-likeness (QED) is 0.808. The standard InChI is InChI=1S/C20H26N2O5/c1-12-6-13(2)9-22(8-12)19(20(25)26)16-10-21(11-18(23)24)17-5-4-14(27-3)7-15(16)17/h4-5,7,10,12-13,19H,6,8-9,11H2,1-3H3,(H,23,24)(H,25,26). The number of aromatic nitrogens is 1. The van der Waals surface area contributed by atoms with Crippen molar-refractivity contribution < 1.29 is 24.5 Å². The van der Waals surface area contributed by atoms with Gasteiger partial charge in [0.05, 0.1) is 7.11 Å². The van der Waals surface area contributed by atoms with Gasteiger partial charge in [-0.15, -0.1) is 0 Å². The Hall–Kier alpha value is -2.54. The van der Waals surface area contributed by atoms with Crippen LogP contribution in [0.2, 0.25) is 0 Å². The van der Waals surface area contributed by atoms with Crippen molar-refractivity contribution >= 4 is 22.8 Å². The van der Waals surface area contributed by atoms with Crippen LogP contribution in [0.4, 0.5) is 0 Å². The maximum Gasteiger partial charge on any atom is 0.325 e. The van der Waals surface area contributed by atoms with Gasteiger partial charge in [-0.3, -0.25) is 14.5 Å². The van der Waals surface area contributed by atoms with Gasteiger partial charge < -0.3 is 19.5 Å². The number of piperidine rings is 1. The zero-order chi connectivity index (χ0) is 19.7. The third-order valence-electron chi connectivity index (χ3n) is 5.22. The summed E-state index contributed by atoms with van der Waals surface area (Å²) in [5, 5.41) is 20.0. The van der Waals surface area contributed by atoms with Gasteiger partial charge in [0.25, 0.3) is 0 Å². The second-order valence-electron chi connectivity index (χ2n) is 7.63. The van der Waals surface area contributed by atoms with Crippen molar-refractivity contribution in [2.24, 2.45) is 11.8 Å². The number of fused-ring (bicyclic) bond motifs is 1. The van der Waals surface area contributed by atoms with Crippen LogP contribution in [0.15, 0.2) is 24.4 Å². The minimum Gasteiger partial charge on any atom is -0.497 e. The number of carboxylic acid groups (broad SMARTS) is 2. The summed E-state index contributed by atoms with van der Waals surface area (Å²) < 4.78 is 6.90. The summed E-state index contributed by atoms with van der Waals surface area (Å²) in [6.07, 6.45) is 2.75. The molecule has 7 heteroatoms. The summed E-state index contributed by atoms with van der Waals surface area (Å²) in [6, 6.07) is 4.50. The number of aliphatic carboxylic acids is 2. The molecule has 3 rings (SSSR count). The molecule has 2 N–H and O–H groups in total. The Kier molecular flexibility index (Phi) is 5.41. The molecule has 27 heavy (non-hydrogen) atoms. The lowest BCUT2D eigenvalue weighted by Crippen LogP contribution is -2.43. The Labute approximate surface area is 158 Å². The fourth-order valence-corrected chi connectivity index (χ4v) is 4.33. The van der Waals surface area contributed by atoms with E-state index in [0.717, 1.165) is 6.42 Å². The van der Waals surface area contributed by atoms with Crippen molar-refractivity contribution in [3.8, 4) is 5.75 Å². The third kappa shape index (κ3) is 3.93. The maximum atomic E-state index is 12.2. The van der Waals surface area contributed by atoms with Crippen LogP contribution in [0.3, 0.4) is 0 Å². The summed E-state index contributed by atoms with van der Waals surface area (Å²) in [5.74, 6) is -0.453. The van der Waals surface area contributed by atoms with E-state index in [2.05, 4.69) is 13.8 Å². The van der Waals surface area contributed by atoms with E-state index >= 15 is 0 Å². The smallest absolute Gasteiger partial charge is 0.325 e. The number of likely N-dealkylation sites (tertiary alicyclic amines) is 1. The van der Waals surface area contributed by atoms with E-state index in [-0.39, 0.29) is 6.54 Å². The molecule has 1 aliphatic heterocycles. The van der Waals surface area contributed by atoms with Crippen molar-refractivity contribution in [2.75, 3.05) is 20.2 Å². The van der Waals surface area contributed by atoms with E-state index in [9.17, 15) is 19.8 Å². The van der Waals surface area contributed by atoms with Crippen molar-refractivity contribution in [3.63, 3.8) is 0 Å². The Bertz CT molecular complexity index is 849. The summed E-state index contributed by atoms with van der Waals surface area (Å²) in [4.78, 5) is 25.5. The molecule has 3 unspecified atom stereocenters. The topological polar surface area (TPSA) is 92.0 Å². The molecule has 2 aromatic rings. The first-order valence-corrected chi connectivity index (χ1v) is 9.15. The molecular formula is C20H26N2O5. The molecule has 1 aromatic heterocycles. The number of rotatable bonds is 6. The molecule has 1 fully saturated rings. The average Bonchev–Trinajstić information content (AvgIpc) is 2.90. The highest BCUT2D eigenvalue weighted by atomic mass is 16.5. The Morgan fingerprint density at radius 2 is 1.89 bits per heavy atom. The molecule has 0 radical (unpaired) electrons. The lowest BCUT2D eigenvalue weighted by Gasteiger charge is -2.38. The predicted octanol–water partition coefficient (Wildman–Crippen LogP) is 2.84. The summed E-state index contributed by atoms with van der Waals surface area (Å²) in [7, 11) is 1.55.